The van der Waals surface area contributed by atoms with Crippen LogP contribution in [-0.4, -0.2) is 34.4 Å². The molecule has 1 N–H and O–H groups in total. The van der Waals surface area contributed by atoms with Gasteiger partial charge in [0.1, 0.15) is 5.78 Å². The molecule has 1 amide bonds. The lowest BCUT2D eigenvalue weighted by molar-refractivity contribution is -0.154. The summed E-state index contributed by atoms with van der Waals surface area (Å²) < 4.78 is 41.2. The van der Waals surface area contributed by atoms with E-state index in [1.165, 1.54) is 12.3 Å². The zero-order chi connectivity index (χ0) is 22.3. The number of carbonyl (C=O) groups excluding carboxylic acids is 2. The number of carbonyl (C=O) groups is 2. The fraction of sp³-hybridized carbons (Fsp3) is 0.429. The van der Waals surface area contributed by atoms with E-state index in [9.17, 15) is 22.8 Å². The molecule has 0 saturated heterocycles. The van der Waals surface area contributed by atoms with E-state index in [4.69, 9.17) is 0 Å². The molecule has 30 heavy (non-hydrogen) atoms. The molecule has 9 heteroatoms. The summed E-state index contributed by atoms with van der Waals surface area (Å²) >= 11 is 0. The Morgan fingerprint density at radius 3 is 2.43 bits per heavy atom. The number of Topliss-reactive ketones (excluding diaryl/α,β-unsaturated/α-hetero) is 1. The van der Waals surface area contributed by atoms with Crippen molar-refractivity contribution < 1.29 is 27.5 Å². The Labute approximate surface area is 172 Å². The molecule has 6 nitrogen and oxygen atoms in total. The van der Waals surface area contributed by atoms with Gasteiger partial charge in [-0.1, -0.05) is 19.9 Å². The van der Waals surface area contributed by atoms with E-state index in [1.807, 2.05) is 6.92 Å². The first-order valence-electron chi connectivity index (χ1n) is 9.59. The molecule has 0 fully saturated rings. The lowest BCUT2D eigenvalue weighted by atomic mass is 10.1. The number of ketones is 1. The number of hydrogen-bond donors (Lipinski definition) is 1. The Morgan fingerprint density at radius 2 is 1.87 bits per heavy atom. The number of nitrogens with zero attached hydrogens (tertiary/aromatic N) is 2. The monoisotopic (exact) mass is 423 g/mol. The van der Waals surface area contributed by atoms with Gasteiger partial charge in [0, 0.05) is 42.1 Å². The summed E-state index contributed by atoms with van der Waals surface area (Å²) in [7, 11) is 0. The van der Waals surface area contributed by atoms with Crippen molar-refractivity contribution in [2.45, 2.75) is 52.3 Å². The number of amides is 1. The van der Waals surface area contributed by atoms with Crippen molar-refractivity contribution in [2.75, 3.05) is 6.61 Å². The van der Waals surface area contributed by atoms with Crippen LogP contribution in [0.15, 0.2) is 30.5 Å². The zero-order valence-electron chi connectivity index (χ0n) is 17.0. The molecule has 0 spiro atoms. The smallest absolute Gasteiger partial charge is 0.422 e. The van der Waals surface area contributed by atoms with Crippen LogP contribution in [0.5, 0.6) is 5.88 Å². The van der Waals surface area contributed by atoms with Gasteiger partial charge in [0.15, 0.2) is 6.61 Å². The second-order valence-electron chi connectivity index (χ2n) is 6.79. The first kappa shape index (κ1) is 23.3. The van der Waals surface area contributed by atoms with Crippen molar-refractivity contribution in [1.82, 2.24) is 15.3 Å². The minimum Gasteiger partial charge on any atom is -0.468 e. The van der Waals surface area contributed by atoms with Crippen LogP contribution in [0.1, 0.15) is 60.5 Å². The molecule has 2 rings (SSSR count). The number of pyridine rings is 2. The van der Waals surface area contributed by atoms with Crippen molar-refractivity contribution in [3.05, 3.63) is 53.0 Å². The van der Waals surface area contributed by atoms with Gasteiger partial charge >= 0.3 is 6.18 Å². The largest absolute Gasteiger partial charge is 0.468 e. The van der Waals surface area contributed by atoms with E-state index in [2.05, 4.69) is 20.0 Å². The van der Waals surface area contributed by atoms with Crippen LogP contribution in [0.3, 0.4) is 0 Å². The minimum atomic E-state index is -4.44. The minimum absolute atomic E-state index is 0.0365. The lowest BCUT2D eigenvalue weighted by Gasteiger charge is -2.16. The summed E-state index contributed by atoms with van der Waals surface area (Å²) in [5.41, 5.74) is 2.26. The Balaban J connectivity index is 2.07. The normalized spacial score (nSPS) is 12.3. The third-order valence-corrected chi connectivity index (χ3v) is 4.32. The van der Waals surface area contributed by atoms with Crippen LogP contribution in [-0.2, 0) is 17.6 Å². The summed E-state index contributed by atoms with van der Waals surface area (Å²) in [6.45, 7) is 3.99. The second-order valence-corrected chi connectivity index (χ2v) is 6.79. The third-order valence-electron chi connectivity index (χ3n) is 4.32. The van der Waals surface area contributed by atoms with Crippen molar-refractivity contribution in [3.63, 3.8) is 0 Å². The molecule has 0 aliphatic rings. The first-order chi connectivity index (χ1) is 14.1. The highest BCUT2D eigenvalue weighted by molar-refractivity contribution is 5.95. The number of aryl methyl sites for hydroxylation is 1. The van der Waals surface area contributed by atoms with Gasteiger partial charge in [0.25, 0.3) is 5.91 Å². The number of hydrogen-bond acceptors (Lipinski definition) is 5. The van der Waals surface area contributed by atoms with Gasteiger partial charge in [0.05, 0.1) is 6.04 Å². The molecule has 0 aliphatic carbocycles. The summed E-state index contributed by atoms with van der Waals surface area (Å²) in [5, 5.41) is 2.82. The summed E-state index contributed by atoms with van der Waals surface area (Å²) in [6.07, 6.45) is -1.90. The van der Waals surface area contributed by atoms with Gasteiger partial charge in [0.2, 0.25) is 5.88 Å². The number of rotatable bonds is 9. The van der Waals surface area contributed by atoms with Crippen LogP contribution in [0.2, 0.25) is 0 Å². The Hall–Kier alpha value is -2.97. The molecule has 2 heterocycles. The number of nitrogens with one attached hydrogen (secondary N) is 1. The molecule has 2 aromatic heterocycles. The number of halogens is 3. The van der Waals surface area contributed by atoms with Gasteiger partial charge in [-0.15, -0.1) is 0 Å². The maximum atomic E-state index is 12.7. The number of alkyl halides is 3. The summed E-state index contributed by atoms with van der Waals surface area (Å²) in [4.78, 5) is 32.7. The molecule has 0 saturated carbocycles. The average molecular weight is 423 g/mol. The fourth-order valence-electron chi connectivity index (χ4n) is 2.63. The Morgan fingerprint density at radius 1 is 1.17 bits per heavy atom. The summed E-state index contributed by atoms with van der Waals surface area (Å²) in [5.74, 6) is -0.460. The van der Waals surface area contributed by atoms with Crippen molar-refractivity contribution in [2.24, 2.45) is 0 Å². The summed E-state index contributed by atoms with van der Waals surface area (Å²) in [6, 6.07) is 5.69. The molecular weight excluding hydrogens is 399 g/mol. The van der Waals surface area contributed by atoms with Crippen LogP contribution in [0, 0.1) is 0 Å². The highest BCUT2D eigenvalue weighted by atomic mass is 19.4. The maximum Gasteiger partial charge on any atom is 0.422 e. The maximum absolute atomic E-state index is 12.7. The van der Waals surface area contributed by atoms with E-state index in [0.717, 1.165) is 0 Å². The van der Waals surface area contributed by atoms with E-state index in [1.54, 1.807) is 32.0 Å². The number of aromatic nitrogens is 2. The first-order valence-corrected chi connectivity index (χ1v) is 9.59. The molecular formula is C21H24F3N3O3. The van der Waals surface area contributed by atoms with Gasteiger partial charge < -0.3 is 10.1 Å². The molecule has 1 unspecified atom stereocenters. The van der Waals surface area contributed by atoms with Gasteiger partial charge in [-0.2, -0.15) is 13.2 Å². The van der Waals surface area contributed by atoms with Gasteiger partial charge in [-0.25, -0.2) is 4.98 Å². The molecule has 0 radical (unpaired) electrons. The number of ether oxygens (including phenoxy) is 1. The quantitative estimate of drug-likeness (QED) is 0.660. The van der Waals surface area contributed by atoms with E-state index in [-0.39, 0.29) is 24.0 Å². The Kier molecular flexibility index (Phi) is 7.91. The fourth-order valence-corrected chi connectivity index (χ4v) is 2.63. The van der Waals surface area contributed by atoms with Gasteiger partial charge in [-0.05, 0) is 31.0 Å². The van der Waals surface area contributed by atoms with E-state index in [0.29, 0.717) is 35.4 Å². The van der Waals surface area contributed by atoms with Crippen molar-refractivity contribution in [1.29, 1.82) is 0 Å². The van der Waals surface area contributed by atoms with Crippen LogP contribution >= 0.6 is 0 Å². The average Bonchev–Trinajstić information content (AvgIpc) is 2.71. The highest BCUT2D eigenvalue weighted by Crippen LogP contribution is 2.19. The Bertz CT molecular complexity index is 883. The lowest BCUT2D eigenvalue weighted by Crippen LogP contribution is -2.27. The molecule has 1 atom stereocenters. The van der Waals surface area contributed by atoms with Crippen LogP contribution < -0.4 is 10.1 Å². The van der Waals surface area contributed by atoms with Gasteiger partial charge in [-0.3, -0.25) is 14.6 Å². The third kappa shape index (κ3) is 7.13. The van der Waals surface area contributed by atoms with Crippen molar-refractivity contribution >= 4 is 11.7 Å². The molecule has 162 valence electrons. The van der Waals surface area contributed by atoms with Crippen LogP contribution in [0.25, 0.3) is 0 Å². The SMILES string of the molecule is CCC(=O)Cc1cc(C(=O)NC(C)c2ccc(OCC(F)(F)F)nc2)cc(CC)n1. The predicted octanol–water partition coefficient (Wildman–Crippen LogP) is 3.99. The van der Waals surface area contributed by atoms with E-state index < -0.39 is 18.8 Å². The van der Waals surface area contributed by atoms with Crippen molar-refractivity contribution in [3.8, 4) is 5.88 Å². The predicted molar refractivity (Wildman–Crippen MR) is 104 cm³/mol. The zero-order valence-corrected chi connectivity index (χ0v) is 17.0. The molecule has 2 aromatic rings. The topological polar surface area (TPSA) is 81.2 Å². The van der Waals surface area contributed by atoms with Crippen LogP contribution in [0.4, 0.5) is 13.2 Å². The molecule has 0 aliphatic heterocycles. The molecule has 0 bridgehead atoms. The molecule has 0 aromatic carbocycles. The standard InChI is InChI=1S/C21H24F3N3O3/c1-4-16-8-15(9-17(27-16)10-18(28)5-2)20(29)26-13(3)14-6-7-19(25-11-14)30-12-21(22,23)24/h6-9,11,13H,4-5,10,12H2,1-3H3,(H,26,29). The highest BCUT2D eigenvalue weighted by Gasteiger charge is 2.28. The van der Waals surface area contributed by atoms with E-state index >= 15 is 0 Å². The second kappa shape index (κ2) is 10.2.